The fourth-order valence-corrected chi connectivity index (χ4v) is 9.71. The molecule has 0 amide bonds. The van der Waals surface area contributed by atoms with Gasteiger partial charge in [0.2, 0.25) is 0 Å². The minimum Gasteiger partial charge on any atom is -0.269 e. The summed E-state index contributed by atoms with van der Waals surface area (Å²) >= 11 is 0. The van der Waals surface area contributed by atoms with Crippen molar-refractivity contribution in [2.45, 2.75) is 113 Å². The molecule has 3 aliphatic carbocycles. The predicted octanol–water partition coefficient (Wildman–Crippen LogP) is 5.44. The van der Waals surface area contributed by atoms with Crippen molar-refractivity contribution in [3.63, 3.8) is 0 Å². The maximum Gasteiger partial charge on any atom is 0.0814 e. The molecule has 3 aliphatic rings. The molecule has 3 heteroatoms. The first-order valence-electron chi connectivity index (χ1n) is 9.22. The summed E-state index contributed by atoms with van der Waals surface area (Å²) in [6.45, 7) is 0. The molecule has 3 fully saturated rings. The van der Waals surface area contributed by atoms with Gasteiger partial charge in [0.1, 0.15) is 0 Å². The number of rotatable bonds is 3. The Morgan fingerprint density at radius 3 is 0.905 bits per heavy atom. The van der Waals surface area contributed by atoms with E-state index >= 15 is 0 Å². The van der Waals surface area contributed by atoms with Crippen LogP contribution in [0.3, 0.4) is 0 Å². The van der Waals surface area contributed by atoms with Crippen molar-refractivity contribution in [2.24, 2.45) is 0 Å². The van der Waals surface area contributed by atoms with Gasteiger partial charge >= 0.3 is 0 Å². The summed E-state index contributed by atoms with van der Waals surface area (Å²) in [6, 6.07) is 0. The quantitative estimate of drug-likeness (QED) is 0.481. The molecule has 0 aromatic carbocycles. The van der Waals surface area contributed by atoms with Gasteiger partial charge in [0, 0.05) is 0 Å². The lowest BCUT2D eigenvalue weighted by atomic mass is 9.99. The standard InChI is InChI=1S/C18H33P.BH3.FH/c1-4-10-16(11-5-1)19(17-12-6-2-7-13-17)18-14-8-3-9-15-18;;/h16-18H,1-15H2;1H3;1H. The van der Waals surface area contributed by atoms with Gasteiger partial charge in [0.25, 0.3) is 0 Å². The van der Waals surface area contributed by atoms with Crippen LogP contribution in [0.25, 0.3) is 0 Å². The smallest absolute Gasteiger partial charge is 0.0814 e. The van der Waals surface area contributed by atoms with Crippen LogP contribution in [-0.2, 0) is 0 Å². The fourth-order valence-electron chi connectivity index (χ4n) is 5.03. The Morgan fingerprint density at radius 2 is 0.667 bits per heavy atom. The molecular weight excluding hydrogens is 277 g/mol. The molecule has 3 saturated carbocycles. The zero-order chi connectivity index (χ0) is 12.9. The van der Waals surface area contributed by atoms with Gasteiger partial charge in [-0.25, -0.2) is 0 Å². The molecule has 0 spiro atoms. The van der Waals surface area contributed by atoms with E-state index in [1.807, 2.05) is 0 Å². The molecule has 0 aromatic rings. The first kappa shape index (κ1) is 19.5. The van der Waals surface area contributed by atoms with Gasteiger partial charge in [-0.05, 0) is 55.5 Å². The van der Waals surface area contributed by atoms with E-state index in [0.29, 0.717) is 7.92 Å². The van der Waals surface area contributed by atoms with Crippen LogP contribution in [0.15, 0.2) is 0 Å². The summed E-state index contributed by atoms with van der Waals surface area (Å²) in [5, 5.41) is 0. The molecule has 21 heavy (non-hydrogen) atoms. The SMILES string of the molecule is B.C1CCC(P(C2CCCCC2)C2CCCCC2)CC1.F. The average molecular weight is 314 g/mol. The second-order valence-corrected chi connectivity index (χ2v) is 10.4. The minimum absolute atomic E-state index is 0. The first-order chi connectivity index (χ1) is 9.45. The van der Waals surface area contributed by atoms with Crippen LogP contribution >= 0.6 is 7.92 Å². The second kappa shape index (κ2) is 10.2. The molecule has 0 saturated heterocycles. The Hall–Kier alpha value is 0.425. The normalized spacial score (nSPS) is 26.1. The van der Waals surface area contributed by atoms with Gasteiger partial charge < -0.3 is 0 Å². The molecule has 0 aromatic heterocycles. The van der Waals surface area contributed by atoms with Crippen molar-refractivity contribution in [2.75, 3.05) is 0 Å². The topological polar surface area (TPSA) is 0 Å². The highest BCUT2D eigenvalue weighted by molar-refractivity contribution is 7.59. The summed E-state index contributed by atoms with van der Waals surface area (Å²) in [5.74, 6) is 0. The van der Waals surface area contributed by atoms with Crippen LogP contribution in [0.2, 0.25) is 0 Å². The Labute approximate surface area is 134 Å². The molecule has 124 valence electrons. The van der Waals surface area contributed by atoms with Gasteiger partial charge in [-0.1, -0.05) is 65.7 Å². The van der Waals surface area contributed by atoms with Crippen molar-refractivity contribution < 1.29 is 4.70 Å². The lowest BCUT2D eigenvalue weighted by Gasteiger charge is -2.44. The zero-order valence-corrected chi connectivity index (χ0v) is 14.1. The minimum atomic E-state index is 0. The van der Waals surface area contributed by atoms with E-state index in [1.54, 1.807) is 77.0 Å². The average Bonchev–Trinajstić information content (AvgIpc) is 2.51. The lowest BCUT2D eigenvalue weighted by Crippen LogP contribution is -2.28. The highest BCUT2D eigenvalue weighted by atomic mass is 31.1. The van der Waals surface area contributed by atoms with E-state index in [2.05, 4.69) is 0 Å². The Morgan fingerprint density at radius 1 is 0.429 bits per heavy atom. The fraction of sp³-hybridized carbons (Fsp3) is 1.00. The molecule has 0 N–H and O–H groups in total. The van der Waals surface area contributed by atoms with Crippen molar-refractivity contribution in [1.82, 2.24) is 0 Å². The van der Waals surface area contributed by atoms with Crippen molar-refractivity contribution in [1.29, 1.82) is 0 Å². The zero-order valence-electron chi connectivity index (χ0n) is 13.2. The maximum atomic E-state index is 1.61. The molecule has 0 radical (unpaired) electrons. The molecule has 3 rings (SSSR count). The van der Waals surface area contributed by atoms with E-state index in [1.165, 1.54) is 36.2 Å². The Kier molecular flexibility index (Phi) is 9.50. The Balaban J connectivity index is 0.00000110. The number of hydrogen-bond donors (Lipinski definition) is 0. The van der Waals surface area contributed by atoms with E-state index < -0.39 is 0 Å². The van der Waals surface area contributed by atoms with Crippen LogP contribution in [0, 0.1) is 0 Å². The molecule has 0 heterocycles. The van der Waals surface area contributed by atoms with Crippen LogP contribution in [0.1, 0.15) is 96.3 Å². The van der Waals surface area contributed by atoms with Crippen LogP contribution < -0.4 is 0 Å². The number of halogens is 1. The summed E-state index contributed by atoms with van der Waals surface area (Å²) in [7, 11) is 0.385. The monoisotopic (exact) mass is 314 g/mol. The van der Waals surface area contributed by atoms with Gasteiger partial charge in [0.05, 0.1) is 8.41 Å². The molecule has 0 nitrogen and oxygen atoms in total. The van der Waals surface area contributed by atoms with Gasteiger partial charge in [-0.15, -0.1) is 0 Å². The second-order valence-electron chi connectivity index (χ2n) is 7.32. The van der Waals surface area contributed by atoms with Crippen LogP contribution in [0.4, 0.5) is 4.70 Å². The van der Waals surface area contributed by atoms with E-state index in [9.17, 15) is 0 Å². The van der Waals surface area contributed by atoms with Gasteiger partial charge in [-0.3, -0.25) is 4.70 Å². The maximum absolute atomic E-state index is 1.61. The van der Waals surface area contributed by atoms with E-state index in [-0.39, 0.29) is 13.1 Å². The third-order valence-corrected chi connectivity index (χ3v) is 10.1. The summed E-state index contributed by atoms with van der Waals surface area (Å²) in [5.41, 5.74) is 3.57. The van der Waals surface area contributed by atoms with Gasteiger partial charge in [0.15, 0.2) is 0 Å². The summed E-state index contributed by atoms with van der Waals surface area (Å²) < 4.78 is 0. The van der Waals surface area contributed by atoms with E-state index in [4.69, 9.17) is 0 Å². The molecule has 0 unspecified atom stereocenters. The van der Waals surface area contributed by atoms with E-state index in [0.717, 1.165) is 0 Å². The predicted molar refractivity (Wildman–Crippen MR) is 100.0 cm³/mol. The molecule has 0 atom stereocenters. The van der Waals surface area contributed by atoms with Crippen molar-refractivity contribution in [3.05, 3.63) is 0 Å². The third kappa shape index (κ3) is 5.23. The van der Waals surface area contributed by atoms with Crippen LogP contribution in [0.5, 0.6) is 0 Å². The summed E-state index contributed by atoms with van der Waals surface area (Å²) in [4.78, 5) is 0. The van der Waals surface area contributed by atoms with Crippen molar-refractivity contribution in [3.8, 4) is 0 Å². The largest absolute Gasteiger partial charge is 0.269 e. The first-order valence-corrected chi connectivity index (χ1v) is 10.8. The van der Waals surface area contributed by atoms with Crippen LogP contribution in [-0.4, -0.2) is 25.4 Å². The summed E-state index contributed by atoms with van der Waals surface area (Å²) in [6.07, 6.45) is 23.6. The third-order valence-electron chi connectivity index (χ3n) is 5.99. The number of hydrogen-bond acceptors (Lipinski definition) is 0. The molecular formula is C18H37BFP. The highest BCUT2D eigenvalue weighted by Gasteiger charge is 2.36. The molecule has 0 aliphatic heterocycles. The van der Waals surface area contributed by atoms with Gasteiger partial charge in [-0.2, -0.15) is 0 Å². The van der Waals surface area contributed by atoms with Crippen molar-refractivity contribution >= 4 is 16.3 Å². The lowest BCUT2D eigenvalue weighted by molar-refractivity contribution is 0.460. The highest BCUT2D eigenvalue weighted by Crippen LogP contribution is 2.61. The Bertz CT molecular complexity index is 213. The molecule has 0 bridgehead atoms.